The van der Waals surface area contributed by atoms with Gasteiger partial charge in [0.05, 0.1) is 17.4 Å². The first-order chi connectivity index (χ1) is 13.6. The lowest BCUT2D eigenvalue weighted by Crippen LogP contribution is -2.29. The van der Waals surface area contributed by atoms with Gasteiger partial charge in [0, 0.05) is 30.5 Å². The lowest BCUT2D eigenvalue weighted by molar-refractivity contribution is 0.126. The van der Waals surface area contributed by atoms with E-state index in [9.17, 15) is 13.9 Å². The van der Waals surface area contributed by atoms with E-state index in [-0.39, 0.29) is 18.7 Å². The lowest BCUT2D eigenvalue weighted by Gasteiger charge is -2.27. The van der Waals surface area contributed by atoms with Gasteiger partial charge < -0.3 is 15.7 Å². The van der Waals surface area contributed by atoms with Crippen molar-refractivity contribution in [2.75, 3.05) is 17.2 Å². The second-order valence-electron chi connectivity index (χ2n) is 7.18. The quantitative estimate of drug-likeness (QED) is 0.633. The van der Waals surface area contributed by atoms with Crippen molar-refractivity contribution < 1.29 is 13.9 Å². The molecule has 1 saturated carbocycles. The summed E-state index contributed by atoms with van der Waals surface area (Å²) in [5.74, 6) is 0.949. The Balaban J connectivity index is 1.83. The van der Waals surface area contributed by atoms with E-state index in [2.05, 4.69) is 25.6 Å². The molecular formula is C20H27F2N5O. The summed E-state index contributed by atoms with van der Waals surface area (Å²) in [7, 11) is 0. The summed E-state index contributed by atoms with van der Waals surface area (Å²) in [4.78, 5) is 13.1. The third-order valence-electron chi connectivity index (χ3n) is 5.01. The van der Waals surface area contributed by atoms with Crippen LogP contribution in [0.5, 0.6) is 0 Å². The normalized spacial score (nSPS) is 20.6. The minimum Gasteiger partial charge on any atom is -0.393 e. The Hall–Kier alpha value is -2.35. The molecule has 3 rings (SSSR count). The van der Waals surface area contributed by atoms with E-state index in [1.807, 2.05) is 0 Å². The minimum absolute atomic E-state index is 0.147. The molecule has 0 unspecified atom stereocenters. The van der Waals surface area contributed by atoms with Crippen LogP contribution in [0.25, 0.3) is 11.3 Å². The fourth-order valence-corrected chi connectivity index (χ4v) is 3.19. The molecule has 0 amide bonds. The number of nitrogens with one attached hydrogen (secondary N) is 2. The number of anilines is 2. The highest BCUT2D eigenvalue weighted by Gasteiger charge is 2.21. The highest BCUT2D eigenvalue weighted by atomic mass is 19.1. The van der Waals surface area contributed by atoms with Gasteiger partial charge in [-0.3, -0.25) is 4.98 Å². The van der Waals surface area contributed by atoms with E-state index in [0.717, 1.165) is 25.7 Å². The van der Waals surface area contributed by atoms with Crippen molar-refractivity contribution in [3.63, 3.8) is 0 Å². The number of aromatic nitrogens is 3. The van der Waals surface area contributed by atoms with E-state index >= 15 is 0 Å². The van der Waals surface area contributed by atoms with Crippen LogP contribution < -0.4 is 10.6 Å². The molecule has 152 valence electrons. The zero-order valence-electron chi connectivity index (χ0n) is 16.0. The average molecular weight is 391 g/mol. The average Bonchev–Trinajstić information content (AvgIpc) is 2.74. The number of aliphatic hydroxyl groups is 1. The SMILES string of the molecule is CC[C@H](F)CNc1ncc(-c2ccc(CF)cn2)c(NC2CCC(O)CC2)n1. The van der Waals surface area contributed by atoms with Crippen molar-refractivity contribution in [1.29, 1.82) is 0 Å². The first-order valence-electron chi connectivity index (χ1n) is 9.79. The van der Waals surface area contributed by atoms with Gasteiger partial charge in [-0.2, -0.15) is 4.98 Å². The summed E-state index contributed by atoms with van der Waals surface area (Å²) < 4.78 is 26.3. The Morgan fingerprint density at radius 2 is 1.96 bits per heavy atom. The smallest absolute Gasteiger partial charge is 0.224 e. The molecule has 0 saturated heterocycles. The predicted octanol–water partition coefficient (Wildman–Crippen LogP) is 3.88. The maximum Gasteiger partial charge on any atom is 0.224 e. The third kappa shape index (κ3) is 5.34. The molecule has 0 radical (unpaired) electrons. The molecule has 1 fully saturated rings. The van der Waals surface area contributed by atoms with Gasteiger partial charge in [0.2, 0.25) is 5.95 Å². The first-order valence-corrected chi connectivity index (χ1v) is 9.79. The van der Waals surface area contributed by atoms with E-state index < -0.39 is 12.8 Å². The van der Waals surface area contributed by atoms with E-state index in [0.29, 0.717) is 35.0 Å². The number of rotatable bonds is 8. The molecule has 2 aromatic heterocycles. The second kappa shape index (κ2) is 9.73. The number of aliphatic hydroxyl groups excluding tert-OH is 1. The second-order valence-corrected chi connectivity index (χ2v) is 7.18. The molecule has 1 aliphatic rings. The lowest BCUT2D eigenvalue weighted by atomic mass is 9.93. The maximum atomic E-state index is 13.5. The number of hydrogen-bond acceptors (Lipinski definition) is 6. The van der Waals surface area contributed by atoms with Crippen LogP contribution in [0.1, 0.15) is 44.6 Å². The third-order valence-corrected chi connectivity index (χ3v) is 5.01. The zero-order chi connectivity index (χ0) is 19.9. The fraction of sp³-hybridized carbons (Fsp3) is 0.550. The summed E-state index contributed by atoms with van der Waals surface area (Å²) in [6.45, 7) is 1.37. The summed E-state index contributed by atoms with van der Waals surface area (Å²) >= 11 is 0. The van der Waals surface area contributed by atoms with E-state index in [1.165, 1.54) is 6.20 Å². The number of hydrogen-bond donors (Lipinski definition) is 3. The van der Waals surface area contributed by atoms with Gasteiger partial charge in [0.15, 0.2) is 0 Å². The molecule has 2 aromatic rings. The number of nitrogens with zero attached hydrogens (tertiary/aromatic N) is 3. The molecule has 2 heterocycles. The molecule has 1 aliphatic carbocycles. The van der Waals surface area contributed by atoms with Gasteiger partial charge in [0.1, 0.15) is 18.7 Å². The van der Waals surface area contributed by atoms with E-state index in [4.69, 9.17) is 0 Å². The summed E-state index contributed by atoms with van der Waals surface area (Å²) in [6.07, 6.45) is 5.52. The van der Waals surface area contributed by atoms with Crippen molar-refractivity contribution in [3.8, 4) is 11.3 Å². The maximum absolute atomic E-state index is 13.5. The molecular weight excluding hydrogens is 364 g/mol. The van der Waals surface area contributed by atoms with Gasteiger partial charge in [-0.05, 0) is 38.2 Å². The topological polar surface area (TPSA) is 83.0 Å². The molecule has 0 spiro atoms. The Morgan fingerprint density at radius 1 is 1.18 bits per heavy atom. The van der Waals surface area contributed by atoms with Crippen molar-refractivity contribution >= 4 is 11.8 Å². The first kappa shape index (κ1) is 20.4. The largest absolute Gasteiger partial charge is 0.393 e. The number of alkyl halides is 2. The Bertz CT molecular complexity index is 751. The summed E-state index contributed by atoms with van der Waals surface area (Å²) in [5.41, 5.74) is 1.85. The van der Waals surface area contributed by atoms with Crippen LogP contribution in [-0.2, 0) is 6.67 Å². The van der Waals surface area contributed by atoms with Crippen molar-refractivity contribution in [2.45, 2.75) is 64.0 Å². The van der Waals surface area contributed by atoms with Crippen LogP contribution in [0, 0.1) is 0 Å². The molecule has 3 N–H and O–H groups in total. The van der Waals surface area contributed by atoms with Gasteiger partial charge >= 0.3 is 0 Å². The van der Waals surface area contributed by atoms with Crippen LogP contribution in [0.3, 0.4) is 0 Å². The Kier molecular flexibility index (Phi) is 7.08. The van der Waals surface area contributed by atoms with Gasteiger partial charge in [0.25, 0.3) is 0 Å². The van der Waals surface area contributed by atoms with Crippen LogP contribution in [0.15, 0.2) is 24.5 Å². The molecule has 0 aromatic carbocycles. The Morgan fingerprint density at radius 3 is 2.61 bits per heavy atom. The molecule has 8 heteroatoms. The van der Waals surface area contributed by atoms with Crippen LogP contribution in [-0.4, -0.2) is 44.9 Å². The Labute approximate surface area is 163 Å². The molecule has 1 atom stereocenters. The highest BCUT2D eigenvalue weighted by molar-refractivity contribution is 5.72. The van der Waals surface area contributed by atoms with Gasteiger partial charge in [-0.15, -0.1) is 0 Å². The minimum atomic E-state index is -0.963. The van der Waals surface area contributed by atoms with Gasteiger partial charge in [-0.1, -0.05) is 13.0 Å². The number of halogens is 2. The van der Waals surface area contributed by atoms with Crippen LogP contribution in [0.4, 0.5) is 20.5 Å². The monoisotopic (exact) mass is 391 g/mol. The van der Waals surface area contributed by atoms with Crippen LogP contribution >= 0.6 is 0 Å². The van der Waals surface area contributed by atoms with Crippen molar-refractivity contribution in [2.24, 2.45) is 0 Å². The fourth-order valence-electron chi connectivity index (χ4n) is 3.19. The standard InChI is InChI=1S/C20H27F2N5O/c1-2-14(22)11-24-20-25-12-17(18-8-3-13(9-21)10-23-18)19(27-20)26-15-4-6-16(28)7-5-15/h3,8,10,12,14-16,28H,2,4-7,9,11H2,1H3,(H2,24,25,26,27)/t14-,15?,16?/m0/s1. The highest BCUT2D eigenvalue weighted by Crippen LogP contribution is 2.29. The molecule has 0 aliphatic heterocycles. The van der Waals surface area contributed by atoms with Crippen molar-refractivity contribution in [3.05, 3.63) is 30.1 Å². The zero-order valence-corrected chi connectivity index (χ0v) is 16.0. The van der Waals surface area contributed by atoms with Crippen LogP contribution in [0.2, 0.25) is 0 Å². The predicted molar refractivity (Wildman–Crippen MR) is 106 cm³/mol. The van der Waals surface area contributed by atoms with E-state index in [1.54, 1.807) is 25.3 Å². The van der Waals surface area contributed by atoms with Crippen molar-refractivity contribution in [1.82, 2.24) is 15.0 Å². The molecule has 6 nitrogen and oxygen atoms in total. The molecule has 0 bridgehead atoms. The number of pyridine rings is 1. The molecule has 28 heavy (non-hydrogen) atoms. The summed E-state index contributed by atoms with van der Waals surface area (Å²) in [6, 6.07) is 3.61. The van der Waals surface area contributed by atoms with Gasteiger partial charge in [-0.25, -0.2) is 13.8 Å². The summed E-state index contributed by atoms with van der Waals surface area (Å²) in [5, 5.41) is 16.1.